The zero-order chi connectivity index (χ0) is 13.8. The standard InChI is InChI=1S/C12H14ClN3O3/c1-14-11(17)9-7-19-5-4-16(9)12(18)8-2-3-10(13)15-6-8/h2-3,6,9H,4-5,7H2,1H3,(H,14,17). The molecule has 0 radical (unpaired) electrons. The Bertz CT molecular complexity index is 478. The summed E-state index contributed by atoms with van der Waals surface area (Å²) >= 11 is 5.68. The first kappa shape index (κ1) is 13.8. The second-order valence-corrected chi connectivity index (χ2v) is 4.46. The van der Waals surface area contributed by atoms with Crippen molar-refractivity contribution in [3.05, 3.63) is 29.0 Å². The lowest BCUT2D eigenvalue weighted by Crippen LogP contribution is -2.55. The summed E-state index contributed by atoms with van der Waals surface area (Å²) in [5, 5.41) is 2.85. The molecule has 6 nitrogen and oxygen atoms in total. The van der Waals surface area contributed by atoms with Crippen LogP contribution in [0.1, 0.15) is 10.4 Å². The van der Waals surface area contributed by atoms with Gasteiger partial charge in [-0.1, -0.05) is 11.6 Å². The fourth-order valence-corrected chi connectivity index (χ4v) is 2.01. The molecule has 0 spiro atoms. The maximum atomic E-state index is 12.3. The van der Waals surface area contributed by atoms with Crippen LogP contribution in [0, 0.1) is 0 Å². The number of carbonyl (C=O) groups is 2. The lowest BCUT2D eigenvalue weighted by Gasteiger charge is -2.34. The number of carbonyl (C=O) groups excluding carboxylic acids is 2. The smallest absolute Gasteiger partial charge is 0.256 e. The average Bonchev–Trinajstić information content (AvgIpc) is 2.46. The van der Waals surface area contributed by atoms with Gasteiger partial charge in [0.1, 0.15) is 11.2 Å². The molecule has 0 aromatic carbocycles. The Kier molecular flexibility index (Phi) is 4.34. The van der Waals surface area contributed by atoms with E-state index in [9.17, 15) is 9.59 Å². The van der Waals surface area contributed by atoms with E-state index in [4.69, 9.17) is 16.3 Å². The Morgan fingerprint density at radius 3 is 2.95 bits per heavy atom. The molecule has 2 amide bonds. The molecule has 19 heavy (non-hydrogen) atoms. The molecular weight excluding hydrogens is 270 g/mol. The summed E-state index contributed by atoms with van der Waals surface area (Å²) in [6, 6.07) is 2.53. The first-order valence-corrected chi connectivity index (χ1v) is 6.23. The fraction of sp³-hybridized carbons (Fsp3) is 0.417. The minimum atomic E-state index is -0.609. The molecule has 0 bridgehead atoms. The van der Waals surface area contributed by atoms with E-state index in [2.05, 4.69) is 10.3 Å². The number of nitrogens with zero attached hydrogens (tertiary/aromatic N) is 2. The van der Waals surface area contributed by atoms with Crippen molar-refractivity contribution < 1.29 is 14.3 Å². The summed E-state index contributed by atoms with van der Waals surface area (Å²) in [7, 11) is 1.53. The Morgan fingerprint density at radius 1 is 1.53 bits per heavy atom. The first-order valence-electron chi connectivity index (χ1n) is 5.85. The highest BCUT2D eigenvalue weighted by atomic mass is 35.5. The summed E-state index contributed by atoms with van der Waals surface area (Å²) in [6.45, 7) is 0.992. The van der Waals surface area contributed by atoms with Crippen LogP contribution in [-0.4, -0.2) is 54.5 Å². The first-order chi connectivity index (χ1) is 9.13. The van der Waals surface area contributed by atoms with Crippen LogP contribution in [0.2, 0.25) is 5.15 Å². The van der Waals surface area contributed by atoms with Gasteiger partial charge in [-0.15, -0.1) is 0 Å². The monoisotopic (exact) mass is 283 g/mol. The summed E-state index contributed by atoms with van der Waals surface area (Å²) in [5.74, 6) is -0.490. The number of halogens is 1. The molecule has 102 valence electrons. The number of morpholine rings is 1. The van der Waals surface area contributed by atoms with Gasteiger partial charge < -0.3 is 15.0 Å². The predicted octanol–water partition coefficient (Wildman–Crippen LogP) is 0.322. The average molecular weight is 284 g/mol. The molecule has 7 heteroatoms. The molecule has 2 rings (SSSR count). The molecule has 0 saturated carbocycles. The minimum Gasteiger partial charge on any atom is -0.377 e. The number of likely N-dealkylation sites (N-methyl/N-ethyl adjacent to an activating group) is 1. The van der Waals surface area contributed by atoms with Gasteiger partial charge >= 0.3 is 0 Å². The molecule has 1 atom stereocenters. The summed E-state index contributed by atoms with van der Waals surface area (Å²) in [5.41, 5.74) is 0.403. The predicted molar refractivity (Wildman–Crippen MR) is 69.0 cm³/mol. The van der Waals surface area contributed by atoms with Crippen LogP contribution >= 0.6 is 11.6 Å². The van der Waals surface area contributed by atoms with Gasteiger partial charge in [-0.3, -0.25) is 9.59 Å². The number of aromatic nitrogens is 1. The number of ether oxygens (including phenoxy) is 1. The van der Waals surface area contributed by atoms with Crippen LogP contribution in [0.25, 0.3) is 0 Å². The van der Waals surface area contributed by atoms with Gasteiger partial charge in [0.2, 0.25) is 5.91 Å². The molecule has 1 aromatic rings. The van der Waals surface area contributed by atoms with Crippen LogP contribution < -0.4 is 5.32 Å². The number of amides is 2. The van der Waals surface area contributed by atoms with Crippen LogP contribution in [-0.2, 0) is 9.53 Å². The van der Waals surface area contributed by atoms with Crippen molar-refractivity contribution in [2.24, 2.45) is 0 Å². The Labute approximate surface area is 115 Å². The molecule has 1 aromatic heterocycles. The number of nitrogens with one attached hydrogen (secondary N) is 1. The molecule has 1 aliphatic rings. The van der Waals surface area contributed by atoms with E-state index in [1.807, 2.05) is 0 Å². The SMILES string of the molecule is CNC(=O)C1COCCN1C(=O)c1ccc(Cl)nc1. The third-order valence-corrected chi connectivity index (χ3v) is 3.14. The molecule has 1 fully saturated rings. The highest BCUT2D eigenvalue weighted by Crippen LogP contribution is 2.13. The van der Waals surface area contributed by atoms with Crippen molar-refractivity contribution in [2.45, 2.75) is 6.04 Å². The molecule has 0 aliphatic carbocycles. The van der Waals surface area contributed by atoms with E-state index in [0.29, 0.717) is 23.9 Å². The Balaban J connectivity index is 2.20. The number of rotatable bonds is 2. The maximum Gasteiger partial charge on any atom is 0.256 e. The zero-order valence-corrected chi connectivity index (χ0v) is 11.2. The van der Waals surface area contributed by atoms with Crippen molar-refractivity contribution in [1.29, 1.82) is 0 Å². The normalized spacial score (nSPS) is 19.1. The number of hydrogen-bond donors (Lipinski definition) is 1. The molecule has 2 heterocycles. The van der Waals surface area contributed by atoms with Crippen molar-refractivity contribution in [3.8, 4) is 0 Å². The van der Waals surface area contributed by atoms with E-state index in [-0.39, 0.29) is 18.4 Å². The molecule has 1 unspecified atom stereocenters. The van der Waals surface area contributed by atoms with Crippen molar-refractivity contribution in [1.82, 2.24) is 15.2 Å². The Morgan fingerprint density at radius 2 is 2.32 bits per heavy atom. The van der Waals surface area contributed by atoms with E-state index < -0.39 is 6.04 Å². The summed E-state index contributed by atoms with van der Waals surface area (Å²) < 4.78 is 5.25. The second-order valence-electron chi connectivity index (χ2n) is 4.07. The van der Waals surface area contributed by atoms with Crippen LogP contribution in [0.5, 0.6) is 0 Å². The maximum absolute atomic E-state index is 12.3. The Hall–Kier alpha value is -1.66. The number of pyridine rings is 1. The quantitative estimate of drug-likeness (QED) is 0.794. The fourth-order valence-electron chi connectivity index (χ4n) is 1.90. The minimum absolute atomic E-state index is 0.201. The van der Waals surface area contributed by atoms with Gasteiger partial charge in [0.15, 0.2) is 0 Å². The van der Waals surface area contributed by atoms with Gasteiger partial charge in [0.05, 0.1) is 18.8 Å². The van der Waals surface area contributed by atoms with Crippen LogP contribution in [0.3, 0.4) is 0 Å². The van der Waals surface area contributed by atoms with Crippen molar-refractivity contribution in [3.63, 3.8) is 0 Å². The highest BCUT2D eigenvalue weighted by Gasteiger charge is 2.32. The van der Waals surface area contributed by atoms with E-state index in [1.165, 1.54) is 18.1 Å². The van der Waals surface area contributed by atoms with Crippen molar-refractivity contribution in [2.75, 3.05) is 26.8 Å². The van der Waals surface area contributed by atoms with E-state index in [1.54, 1.807) is 12.1 Å². The zero-order valence-electron chi connectivity index (χ0n) is 10.4. The second kappa shape index (κ2) is 5.99. The topological polar surface area (TPSA) is 71.5 Å². The third kappa shape index (κ3) is 3.02. The van der Waals surface area contributed by atoms with Gasteiger partial charge in [-0.25, -0.2) is 4.98 Å². The summed E-state index contributed by atoms with van der Waals surface area (Å²) in [4.78, 5) is 29.5. The van der Waals surface area contributed by atoms with Crippen LogP contribution in [0.15, 0.2) is 18.3 Å². The van der Waals surface area contributed by atoms with Gasteiger partial charge in [0.25, 0.3) is 5.91 Å². The highest BCUT2D eigenvalue weighted by molar-refractivity contribution is 6.29. The van der Waals surface area contributed by atoms with Gasteiger partial charge in [0, 0.05) is 19.8 Å². The van der Waals surface area contributed by atoms with E-state index in [0.717, 1.165) is 0 Å². The van der Waals surface area contributed by atoms with E-state index >= 15 is 0 Å². The third-order valence-electron chi connectivity index (χ3n) is 2.91. The van der Waals surface area contributed by atoms with Crippen molar-refractivity contribution >= 4 is 23.4 Å². The molecule has 1 saturated heterocycles. The molecule has 1 N–H and O–H groups in total. The lowest BCUT2D eigenvalue weighted by molar-refractivity contribution is -0.130. The van der Waals surface area contributed by atoms with Gasteiger partial charge in [-0.2, -0.15) is 0 Å². The number of hydrogen-bond acceptors (Lipinski definition) is 4. The van der Waals surface area contributed by atoms with Gasteiger partial charge in [-0.05, 0) is 12.1 Å². The molecular formula is C12H14ClN3O3. The summed E-state index contributed by atoms with van der Waals surface area (Å²) in [6.07, 6.45) is 1.40. The van der Waals surface area contributed by atoms with Crippen LogP contribution in [0.4, 0.5) is 0 Å². The largest absolute Gasteiger partial charge is 0.377 e. The lowest BCUT2D eigenvalue weighted by atomic mass is 10.1. The molecule has 1 aliphatic heterocycles.